The Morgan fingerprint density at radius 3 is 2.74 bits per heavy atom. The molecule has 1 aliphatic heterocycles. The van der Waals surface area contributed by atoms with E-state index in [9.17, 15) is 18.0 Å². The average molecular weight is 397 g/mol. The van der Waals surface area contributed by atoms with Gasteiger partial charge in [0.05, 0.1) is 17.7 Å². The zero-order valence-electron chi connectivity index (χ0n) is 15.1. The summed E-state index contributed by atoms with van der Waals surface area (Å²) in [6, 6.07) is 4.63. The minimum Gasteiger partial charge on any atom is -0.302 e. The first-order valence-corrected chi connectivity index (χ1v) is 9.80. The quantitative estimate of drug-likeness (QED) is 0.804. The smallest absolute Gasteiger partial charge is 0.302 e. The van der Waals surface area contributed by atoms with E-state index in [1.165, 1.54) is 36.3 Å². The number of alkyl halides is 3. The van der Waals surface area contributed by atoms with Crippen molar-refractivity contribution in [3.63, 3.8) is 0 Å². The van der Waals surface area contributed by atoms with Crippen LogP contribution in [0, 0.1) is 5.92 Å². The standard InChI is InChI=1S/C19H22F3N3OS/c1-13-3-2-8-25(10-13)11-16-12-27-18(23-16)24-17(26)9-14-4-6-15(7-5-14)19(20,21)22/h4-7,12-13H,2-3,8-11H2,1H3,(H,23,24,26). The lowest BCUT2D eigenvalue weighted by Gasteiger charge is -2.30. The molecule has 0 bridgehead atoms. The highest BCUT2D eigenvalue weighted by Crippen LogP contribution is 2.29. The van der Waals surface area contributed by atoms with E-state index in [1.54, 1.807) is 0 Å². The Labute approximate surface area is 160 Å². The highest BCUT2D eigenvalue weighted by atomic mass is 32.1. The summed E-state index contributed by atoms with van der Waals surface area (Å²) < 4.78 is 37.7. The number of halogens is 3. The van der Waals surface area contributed by atoms with Crippen LogP contribution in [0.2, 0.25) is 0 Å². The highest BCUT2D eigenvalue weighted by molar-refractivity contribution is 7.13. The van der Waals surface area contributed by atoms with Gasteiger partial charge in [-0.25, -0.2) is 4.98 Å². The second-order valence-corrected chi connectivity index (χ2v) is 7.90. The van der Waals surface area contributed by atoms with Crippen LogP contribution in [0.5, 0.6) is 0 Å². The first kappa shape index (κ1) is 19.8. The van der Waals surface area contributed by atoms with Crippen molar-refractivity contribution in [1.82, 2.24) is 9.88 Å². The summed E-state index contributed by atoms with van der Waals surface area (Å²) in [7, 11) is 0. The van der Waals surface area contributed by atoms with E-state index in [2.05, 4.69) is 22.1 Å². The lowest BCUT2D eigenvalue weighted by Crippen LogP contribution is -2.33. The van der Waals surface area contributed by atoms with Crippen LogP contribution in [0.25, 0.3) is 0 Å². The lowest BCUT2D eigenvalue weighted by molar-refractivity contribution is -0.137. The molecule has 1 atom stereocenters. The number of nitrogens with one attached hydrogen (secondary N) is 1. The van der Waals surface area contributed by atoms with Crippen LogP contribution in [0.4, 0.5) is 18.3 Å². The van der Waals surface area contributed by atoms with Gasteiger partial charge in [-0.3, -0.25) is 9.69 Å². The van der Waals surface area contributed by atoms with Gasteiger partial charge < -0.3 is 5.32 Å². The van der Waals surface area contributed by atoms with Crippen molar-refractivity contribution in [2.75, 3.05) is 18.4 Å². The topological polar surface area (TPSA) is 45.2 Å². The molecule has 3 rings (SSSR count). The Morgan fingerprint density at radius 1 is 1.33 bits per heavy atom. The predicted molar refractivity (Wildman–Crippen MR) is 99.6 cm³/mol. The second kappa shape index (κ2) is 8.39. The fourth-order valence-corrected chi connectivity index (χ4v) is 3.97. The van der Waals surface area contributed by atoms with Crippen molar-refractivity contribution in [2.24, 2.45) is 5.92 Å². The summed E-state index contributed by atoms with van der Waals surface area (Å²) in [5.41, 5.74) is 0.738. The maximum absolute atomic E-state index is 12.6. The van der Waals surface area contributed by atoms with Gasteiger partial charge in [0.25, 0.3) is 0 Å². The summed E-state index contributed by atoms with van der Waals surface area (Å²) in [6.45, 7) is 5.15. The summed E-state index contributed by atoms with van der Waals surface area (Å²) >= 11 is 1.37. The molecule has 0 spiro atoms. The predicted octanol–water partition coefficient (Wildman–Crippen LogP) is 4.58. The molecule has 0 radical (unpaired) electrons. The molecule has 146 valence electrons. The van der Waals surface area contributed by atoms with Gasteiger partial charge in [-0.2, -0.15) is 13.2 Å². The van der Waals surface area contributed by atoms with Crippen LogP contribution in [-0.2, 0) is 23.9 Å². The van der Waals surface area contributed by atoms with Crippen molar-refractivity contribution in [3.8, 4) is 0 Å². The molecule has 2 aromatic rings. The van der Waals surface area contributed by atoms with Crippen molar-refractivity contribution >= 4 is 22.4 Å². The molecule has 1 unspecified atom stereocenters. The number of hydrogen-bond acceptors (Lipinski definition) is 4. The minimum atomic E-state index is -4.37. The maximum Gasteiger partial charge on any atom is 0.416 e. The fourth-order valence-electron chi connectivity index (χ4n) is 3.26. The van der Waals surface area contributed by atoms with Gasteiger partial charge in [0, 0.05) is 18.5 Å². The SMILES string of the molecule is CC1CCCN(Cc2csc(NC(=O)Cc3ccc(C(F)(F)F)cc3)n2)C1. The third-order valence-electron chi connectivity index (χ3n) is 4.57. The normalized spacial score (nSPS) is 18.4. The van der Waals surface area contributed by atoms with Gasteiger partial charge in [0.1, 0.15) is 0 Å². The third kappa shape index (κ3) is 5.77. The van der Waals surface area contributed by atoms with E-state index in [4.69, 9.17) is 0 Å². The number of thiazole rings is 1. The minimum absolute atomic E-state index is 0.0106. The average Bonchev–Trinajstić information content (AvgIpc) is 3.01. The van der Waals surface area contributed by atoms with E-state index in [1.807, 2.05) is 5.38 Å². The van der Waals surface area contributed by atoms with E-state index >= 15 is 0 Å². The molecule has 0 saturated carbocycles. The molecule has 4 nitrogen and oxygen atoms in total. The summed E-state index contributed by atoms with van der Waals surface area (Å²) in [5, 5.41) is 5.19. The van der Waals surface area contributed by atoms with Gasteiger partial charge in [-0.1, -0.05) is 19.1 Å². The first-order chi connectivity index (χ1) is 12.8. The van der Waals surface area contributed by atoms with Gasteiger partial charge in [0.15, 0.2) is 5.13 Å². The number of likely N-dealkylation sites (tertiary alicyclic amines) is 1. The van der Waals surface area contributed by atoms with E-state index in [0.717, 1.165) is 37.5 Å². The molecule has 1 saturated heterocycles. The Morgan fingerprint density at radius 2 is 2.07 bits per heavy atom. The Balaban J connectivity index is 1.51. The number of anilines is 1. The van der Waals surface area contributed by atoms with Crippen LogP contribution >= 0.6 is 11.3 Å². The first-order valence-electron chi connectivity index (χ1n) is 8.92. The molecule has 1 fully saturated rings. The Kier molecular flexibility index (Phi) is 6.16. The van der Waals surface area contributed by atoms with E-state index < -0.39 is 11.7 Å². The Bertz CT molecular complexity index is 773. The van der Waals surface area contributed by atoms with Crippen molar-refractivity contribution in [1.29, 1.82) is 0 Å². The number of hydrogen-bond donors (Lipinski definition) is 1. The molecule has 1 amide bonds. The van der Waals surface area contributed by atoms with Crippen LogP contribution in [0.3, 0.4) is 0 Å². The molecular weight excluding hydrogens is 375 g/mol. The molecule has 27 heavy (non-hydrogen) atoms. The fraction of sp³-hybridized carbons (Fsp3) is 0.474. The van der Waals surface area contributed by atoms with Crippen molar-refractivity contribution < 1.29 is 18.0 Å². The van der Waals surface area contributed by atoms with Gasteiger partial charge in [-0.15, -0.1) is 11.3 Å². The zero-order chi connectivity index (χ0) is 19.4. The van der Waals surface area contributed by atoms with Gasteiger partial charge >= 0.3 is 6.18 Å². The molecular formula is C19H22F3N3OS. The summed E-state index contributed by atoms with van der Waals surface area (Å²) in [5.74, 6) is 0.405. The van der Waals surface area contributed by atoms with Crippen LogP contribution in [0.1, 0.15) is 36.6 Å². The van der Waals surface area contributed by atoms with Gasteiger partial charge in [0.2, 0.25) is 5.91 Å². The number of carbonyl (C=O) groups excluding carboxylic acids is 1. The van der Waals surface area contributed by atoms with Crippen LogP contribution in [0.15, 0.2) is 29.6 Å². The molecule has 8 heteroatoms. The highest BCUT2D eigenvalue weighted by Gasteiger charge is 2.30. The monoisotopic (exact) mass is 397 g/mol. The third-order valence-corrected chi connectivity index (χ3v) is 5.38. The van der Waals surface area contributed by atoms with E-state index in [0.29, 0.717) is 16.6 Å². The van der Waals surface area contributed by atoms with Crippen molar-refractivity contribution in [3.05, 3.63) is 46.5 Å². The number of piperidine rings is 1. The van der Waals surface area contributed by atoms with E-state index in [-0.39, 0.29) is 12.3 Å². The number of carbonyl (C=O) groups is 1. The number of rotatable bonds is 5. The van der Waals surface area contributed by atoms with Crippen molar-refractivity contribution in [2.45, 2.75) is 38.9 Å². The number of amides is 1. The summed E-state index contributed by atoms with van der Waals surface area (Å²) in [4.78, 5) is 19.0. The largest absolute Gasteiger partial charge is 0.416 e. The second-order valence-electron chi connectivity index (χ2n) is 7.05. The number of benzene rings is 1. The molecule has 1 aliphatic rings. The van der Waals surface area contributed by atoms with Gasteiger partial charge in [-0.05, 0) is 43.0 Å². The van der Waals surface area contributed by atoms with Crippen LogP contribution in [-0.4, -0.2) is 28.9 Å². The zero-order valence-corrected chi connectivity index (χ0v) is 15.9. The molecule has 2 heterocycles. The lowest BCUT2D eigenvalue weighted by atomic mass is 10.0. The molecule has 1 N–H and O–H groups in total. The number of nitrogens with zero attached hydrogens (tertiary/aromatic N) is 2. The summed E-state index contributed by atoms with van der Waals surface area (Å²) in [6.07, 6.45) is -1.90. The molecule has 1 aromatic carbocycles. The molecule has 0 aliphatic carbocycles. The molecule has 1 aromatic heterocycles. The number of aromatic nitrogens is 1. The maximum atomic E-state index is 12.6. The Hall–Kier alpha value is -1.93. The van der Waals surface area contributed by atoms with Crippen LogP contribution < -0.4 is 5.32 Å².